The molecule has 0 saturated carbocycles. The third-order valence-corrected chi connectivity index (χ3v) is 4.46. The lowest BCUT2D eigenvalue weighted by Crippen LogP contribution is -1.99. The third-order valence-electron chi connectivity index (χ3n) is 3.00. The van der Waals surface area contributed by atoms with Crippen LogP contribution >= 0.6 is 23.4 Å². The molecule has 0 unspecified atom stereocenters. The van der Waals surface area contributed by atoms with Gasteiger partial charge in [-0.15, -0.1) is 5.10 Å². The Morgan fingerprint density at radius 3 is 2.65 bits per heavy atom. The van der Waals surface area contributed by atoms with E-state index in [4.69, 9.17) is 11.6 Å². The van der Waals surface area contributed by atoms with Crippen LogP contribution in [0.2, 0.25) is 5.02 Å². The highest BCUT2D eigenvalue weighted by Gasteiger charge is 2.12. The Labute approximate surface area is 126 Å². The van der Waals surface area contributed by atoms with Gasteiger partial charge < -0.3 is 0 Å². The molecule has 0 radical (unpaired) electrons. The van der Waals surface area contributed by atoms with E-state index in [0.29, 0.717) is 16.0 Å². The quantitative estimate of drug-likeness (QED) is 0.692. The molecule has 0 bridgehead atoms. The molecular weight excluding hydrogens is 292 g/mol. The molecule has 1 aromatic carbocycles. The van der Waals surface area contributed by atoms with E-state index in [1.54, 1.807) is 16.3 Å². The lowest BCUT2D eigenvalue weighted by molar-refractivity contribution is 0.843. The molecule has 2 heterocycles. The van der Waals surface area contributed by atoms with Crippen LogP contribution < -0.4 is 0 Å². The fraction of sp³-hybridized carbons (Fsp3) is 0.214. The van der Waals surface area contributed by atoms with Gasteiger partial charge in [-0.2, -0.15) is 9.50 Å². The highest BCUT2D eigenvalue weighted by atomic mass is 35.5. The molecule has 0 N–H and O–H groups in total. The highest BCUT2D eigenvalue weighted by molar-refractivity contribution is 7.98. The van der Waals surface area contributed by atoms with Crippen LogP contribution in [0.5, 0.6) is 0 Å². The average molecular weight is 305 g/mol. The Morgan fingerprint density at radius 1 is 1.15 bits per heavy atom. The maximum Gasteiger partial charge on any atom is 0.253 e. The molecule has 0 saturated heterocycles. The van der Waals surface area contributed by atoms with Crippen LogP contribution in [0.15, 0.2) is 35.5 Å². The topological polar surface area (TPSA) is 43.1 Å². The first-order valence-corrected chi connectivity index (χ1v) is 7.57. The van der Waals surface area contributed by atoms with Gasteiger partial charge in [-0.05, 0) is 19.4 Å². The number of nitrogens with zero attached hydrogens (tertiary/aromatic N) is 4. The second-order valence-electron chi connectivity index (χ2n) is 4.48. The Balaban J connectivity index is 1.88. The number of thioether (sulfide) groups is 1. The number of benzene rings is 1. The summed E-state index contributed by atoms with van der Waals surface area (Å²) < 4.78 is 1.70. The van der Waals surface area contributed by atoms with Crippen molar-refractivity contribution in [2.45, 2.75) is 24.8 Å². The average Bonchev–Trinajstić information content (AvgIpc) is 2.87. The Bertz CT molecular complexity index is 755. The molecule has 0 aliphatic heterocycles. The summed E-state index contributed by atoms with van der Waals surface area (Å²) in [6.07, 6.45) is 0. The summed E-state index contributed by atoms with van der Waals surface area (Å²) in [5.41, 5.74) is 2.90. The number of hydrogen-bond donors (Lipinski definition) is 0. The van der Waals surface area contributed by atoms with Crippen molar-refractivity contribution in [1.29, 1.82) is 0 Å². The number of hydrogen-bond acceptors (Lipinski definition) is 4. The summed E-state index contributed by atoms with van der Waals surface area (Å²) in [4.78, 5) is 8.79. The predicted molar refractivity (Wildman–Crippen MR) is 81.3 cm³/mol. The minimum Gasteiger partial charge on any atom is -0.215 e. The van der Waals surface area contributed by atoms with Crippen molar-refractivity contribution >= 4 is 29.1 Å². The summed E-state index contributed by atoms with van der Waals surface area (Å²) in [5.74, 6) is 1.43. The monoisotopic (exact) mass is 304 g/mol. The molecule has 0 spiro atoms. The molecule has 4 nitrogen and oxygen atoms in total. The van der Waals surface area contributed by atoms with Crippen LogP contribution in [0.3, 0.4) is 0 Å². The molecule has 102 valence electrons. The van der Waals surface area contributed by atoms with Crippen LogP contribution in [0, 0.1) is 13.8 Å². The molecule has 2 aromatic heterocycles. The van der Waals surface area contributed by atoms with Gasteiger partial charge in [-0.25, -0.2) is 4.98 Å². The Kier molecular flexibility index (Phi) is 3.63. The molecule has 0 fully saturated rings. The van der Waals surface area contributed by atoms with E-state index in [1.807, 2.05) is 32.0 Å². The van der Waals surface area contributed by atoms with Crippen LogP contribution in [-0.2, 0) is 5.75 Å². The van der Waals surface area contributed by atoms with Gasteiger partial charge >= 0.3 is 0 Å². The first-order valence-electron chi connectivity index (χ1n) is 6.21. The molecule has 0 aliphatic carbocycles. The van der Waals surface area contributed by atoms with E-state index in [9.17, 15) is 0 Å². The normalized spacial score (nSPS) is 11.2. The van der Waals surface area contributed by atoms with E-state index in [1.165, 1.54) is 5.56 Å². The largest absolute Gasteiger partial charge is 0.253 e. The summed E-state index contributed by atoms with van der Waals surface area (Å²) in [6, 6.07) is 10.2. The van der Waals surface area contributed by atoms with Gasteiger partial charge in [0.1, 0.15) is 0 Å². The minimum absolute atomic E-state index is 0.597. The summed E-state index contributed by atoms with van der Waals surface area (Å²) in [7, 11) is 0. The highest BCUT2D eigenvalue weighted by Crippen LogP contribution is 2.23. The van der Waals surface area contributed by atoms with Gasteiger partial charge in [0, 0.05) is 5.75 Å². The SMILES string of the molecule is Cc1nc2nc(SCc3ccccc3)nn2c(C)c1Cl. The fourth-order valence-electron chi connectivity index (χ4n) is 1.92. The number of halogens is 1. The Hall–Kier alpha value is -1.59. The first kappa shape index (κ1) is 13.4. The van der Waals surface area contributed by atoms with Gasteiger partial charge in [-0.1, -0.05) is 53.7 Å². The van der Waals surface area contributed by atoms with Crippen LogP contribution in [0.4, 0.5) is 0 Å². The fourth-order valence-corrected chi connectivity index (χ4v) is 2.82. The molecule has 20 heavy (non-hydrogen) atoms. The number of aryl methyl sites for hydroxylation is 2. The first-order chi connectivity index (χ1) is 9.65. The maximum atomic E-state index is 6.18. The van der Waals surface area contributed by atoms with Crippen molar-refractivity contribution in [1.82, 2.24) is 19.6 Å². The lowest BCUT2D eigenvalue weighted by Gasteiger charge is -2.02. The number of rotatable bonds is 3. The molecule has 3 rings (SSSR count). The standard InChI is InChI=1S/C14H13ClN4S/c1-9-12(15)10(2)19-13(16-9)17-14(18-19)20-8-11-6-4-3-5-7-11/h3-7H,8H2,1-2H3. The molecule has 0 aliphatic rings. The maximum absolute atomic E-state index is 6.18. The van der Waals surface area contributed by atoms with Gasteiger partial charge in [0.15, 0.2) is 0 Å². The van der Waals surface area contributed by atoms with E-state index in [2.05, 4.69) is 27.2 Å². The summed E-state index contributed by atoms with van der Waals surface area (Å²) in [6.45, 7) is 3.80. The van der Waals surface area contributed by atoms with E-state index in [0.717, 1.165) is 17.1 Å². The predicted octanol–water partition coefficient (Wildman–Crippen LogP) is 3.69. The zero-order chi connectivity index (χ0) is 14.1. The molecule has 3 aromatic rings. The summed E-state index contributed by atoms with van der Waals surface area (Å²) in [5, 5.41) is 5.81. The van der Waals surface area contributed by atoms with E-state index < -0.39 is 0 Å². The van der Waals surface area contributed by atoms with Crippen molar-refractivity contribution < 1.29 is 0 Å². The number of fused-ring (bicyclic) bond motifs is 1. The van der Waals surface area contributed by atoms with Crippen molar-refractivity contribution in [3.05, 3.63) is 52.3 Å². The van der Waals surface area contributed by atoms with E-state index in [-0.39, 0.29) is 0 Å². The molecule has 6 heteroatoms. The summed E-state index contributed by atoms with van der Waals surface area (Å²) >= 11 is 7.77. The molecule has 0 atom stereocenters. The van der Waals surface area contributed by atoms with Gasteiger partial charge in [0.25, 0.3) is 5.78 Å². The lowest BCUT2D eigenvalue weighted by atomic mass is 10.2. The third kappa shape index (κ3) is 2.51. The second-order valence-corrected chi connectivity index (χ2v) is 5.80. The van der Waals surface area contributed by atoms with Gasteiger partial charge in [0.05, 0.1) is 16.4 Å². The minimum atomic E-state index is 0.597. The smallest absolute Gasteiger partial charge is 0.215 e. The zero-order valence-electron chi connectivity index (χ0n) is 11.2. The van der Waals surface area contributed by atoms with E-state index >= 15 is 0 Å². The Morgan fingerprint density at radius 2 is 1.90 bits per heavy atom. The van der Waals surface area contributed by atoms with Crippen molar-refractivity contribution in [2.75, 3.05) is 0 Å². The molecular formula is C14H13ClN4S. The van der Waals surface area contributed by atoms with Crippen molar-refractivity contribution in [3.63, 3.8) is 0 Å². The van der Waals surface area contributed by atoms with Crippen LogP contribution in [0.1, 0.15) is 17.0 Å². The van der Waals surface area contributed by atoms with Crippen LogP contribution in [0.25, 0.3) is 5.78 Å². The van der Waals surface area contributed by atoms with Crippen molar-refractivity contribution in [3.8, 4) is 0 Å². The molecule has 0 amide bonds. The second kappa shape index (κ2) is 5.42. The van der Waals surface area contributed by atoms with Gasteiger partial charge in [-0.3, -0.25) is 0 Å². The number of aromatic nitrogens is 4. The van der Waals surface area contributed by atoms with Crippen LogP contribution in [-0.4, -0.2) is 19.6 Å². The zero-order valence-corrected chi connectivity index (χ0v) is 12.7. The van der Waals surface area contributed by atoms with Gasteiger partial charge in [0.2, 0.25) is 5.16 Å². The van der Waals surface area contributed by atoms with Crippen molar-refractivity contribution in [2.24, 2.45) is 0 Å².